The second-order valence-electron chi connectivity index (χ2n) is 7.75. The Labute approximate surface area is 159 Å². The Kier molecular flexibility index (Phi) is 6.48. The number of carbonyl (C=O) groups excluding carboxylic acids is 2. The molecule has 3 rings (SSSR count). The van der Waals surface area contributed by atoms with Crippen LogP contribution in [-0.2, 0) is 20.9 Å². The minimum absolute atomic E-state index is 0.0320. The maximum Gasteiger partial charge on any atom is 0.305 e. The molecule has 2 atom stereocenters. The molecule has 0 spiro atoms. The SMILES string of the molecule is O=C(O)CC(NC(=O)C1CCC(=O)N(Cc2ccccc2)C1)C1CCCC1. The molecule has 1 aromatic rings. The smallest absolute Gasteiger partial charge is 0.305 e. The minimum atomic E-state index is -0.878. The Bertz CT molecular complexity index is 670. The Balaban J connectivity index is 1.61. The van der Waals surface area contributed by atoms with Crippen molar-refractivity contribution in [3.63, 3.8) is 0 Å². The van der Waals surface area contributed by atoms with Crippen LogP contribution in [0.2, 0.25) is 0 Å². The Morgan fingerprint density at radius 1 is 1.15 bits per heavy atom. The molecule has 0 bridgehead atoms. The fourth-order valence-corrected chi connectivity index (χ4v) is 4.27. The van der Waals surface area contributed by atoms with Crippen molar-refractivity contribution in [3.05, 3.63) is 35.9 Å². The monoisotopic (exact) mass is 372 g/mol. The van der Waals surface area contributed by atoms with Gasteiger partial charge in [0.25, 0.3) is 0 Å². The lowest BCUT2D eigenvalue weighted by Gasteiger charge is -2.33. The van der Waals surface area contributed by atoms with E-state index < -0.39 is 5.97 Å². The molecule has 1 saturated carbocycles. The molecule has 1 aromatic carbocycles. The van der Waals surface area contributed by atoms with Crippen LogP contribution in [0.15, 0.2) is 30.3 Å². The normalized spacial score (nSPS) is 21.9. The number of hydrogen-bond donors (Lipinski definition) is 2. The first-order valence-electron chi connectivity index (χ1n) is 9.87. The van der Waals surface area contributed by atoms with Gasteiger partial charge in [-0.1, -0.05) is 43.2 Å². The molecule has 1 heterocycles. The van der Waals surface area contributed by atoms with Gasteiger partial charge in [0.1, 0.15) is 0 Å². The van der Waals surface area contributed by atoms with Crippen LogP contribution in [0.4, 0.5) is 0 Å². The van der Waals surface area contributed by atoms with Crippen LogP contribution in [0.3, 0.4) is 0 Å². The molecule has 2 N–H and O–H groups in total. The molecule has 0 aromatic heterocycles. The van der Waals surface area contributed by atoms with Crippen molar-refractivity contribution < 1.29 is 19.5 Å². The molecular formula is C21H28N2O4. The van der Waals surface area contributed by atoms with Gasteiger partial charge in [-0.2, -0.15) is 0 Å². The number of likely N-dealkylation sites (tertiary alicyclic amines) is 1. The Hall–Kier alpha value is -2.37. The number of amides is 2. The highest BCUT2D eigenvalue weighted by molar-refractivity contribution is 5.84. The summed E-state index contributed by atoms with van der Waals surface area (Å²) in [6, 6.07) is 9.44. The molecular weight excluding hydrogens is 344 g/mol. The lowest BCUT2D eigenvalue weighted by atomic mass is 9.92. The summed E-state index contributed by atoms with van der Waals surface area (Å²) in [5, 5.41) is 12.2. The van der Waals surface area contributed by atoms with Crippen LogP contribution < -0.4 is 5.32 Å². The first kappa shape index (κ1) is 19.4. The summed E-state index contributed by atoms with van der Waals surface area (Å²) >= 11 is 0. The van der Waals surface area contributed by atoms with Gasteiger partial charge in [0.05, 0.1) is 12.3 Å². The van der Waals surface area contributed by atoms with Crippen LogP contribution in [0.1, 0.15) is 50.5 Å². The van der Waals surface area contributed by atoms with Crippen molar-refractivity contribution in [3.8, 4) is 0 Å². The van der Waals surface area contributed by atoms with Gasteiger partial charge in [-0.25, -0.2) is 0 Å². The number of hydrogen-bond acceptors (Lipinski definition) is 3. The third kappa shape index (κ3) is 5.31. The standard InChI is InChI=1S/C21H28N2O4/c24-19-11-10-17(14-23(19)13-15-6-2-1-3-7-15)21(27)22-18(12-20(25)26)16-8-4-5-9-16/h1-3,6-7,16-18H,4-5,8-14H2,(H,22,27)(H,25,26). The van der Waals surface area contributed by atoms with Gasteiger partial charge in [-0.15, -0.1) is 0 Å². The van der Waals surface area contributed by atoms with Gasteiger partial charge < -0.3 is 15.3 Å². The summed E-state index contributed by atoms with van der Waals surface area (Å²) in [5.74, 6) is -0.948. The molecule has 27 heavy (non-hydrogen) atoms. The molecule has 2 aliphatic rings. The van der Waals surface area contributed by atoms with Crippen LogP contribution in [0, 0.1) is 11.8 Å². The maximum atomic E-state index is 12.8. The van der Waals surface area contributed by atoms with Gasteiger partial charge in [0.2, 0.25) is 11.8 Å². The summed E-state index contributed by atoms with van der Waals surface area (Å²) in [6.45, 7) is 0.897. The van der Waals surface area contributed by atoms with E-state index in [0.29, 0.717) is 25.9 Å². The van der Waals surface area contributed by atoms with E-state index in [4.69, 9.17) is 0 Å². The summed E-state index contributed by atoms with van der Waals surface area (Å²) < 4.78 is 0. The number of aliphatic carboxylic acids is 1. The molecule has 6 heteroatoms. The van der Waals surface area contributed by atoms with Crippen LogP contribution in [-0.4, -0.2) is 40.4 Å². The third-order valence-electron chi connectivity index (χ3n) is 5.78. The number of carboxylic acid groups (broad SMARTS) is 1. The molecule has 0 radical (unpaired) electrons. The third-order valence-corrected chi connectivity index (χ3v) is 5.78. The van der Waals surface area contributed by atoms with Crippen molar-refractivity contribution in [2.75, 3.05) is 6.54 Å². The predicted octanol–water partition coefficient (Wildman–Crippen LogP) is 2.57. The highest BCUT2D eigenvalue weighted by Gasteiger charge is 2.34. The van der Waals surface area contributed by atoms with E-state index in [2.05, 4.69) is 5.32 Å². The van der Waals surface area contributed by atoms with E-state index in [1.165, 1.54) is 0 Å². The minimum Gasteiger partial charge on any atom is -0.481 e. The van der Waals surface area contributed by atoms with E-state index in [1.54, 1.807) is 4.90 Å². The number of piperidine rings is 1. The Morgan fingerprint density at radius 3 is 2.52 bits per heavy atom. The van der Waals surface area contributed by atoms with Crippen molar-refractivity contribution >= 4 is 17.8 Å². The van der Waals surface area contributed by atoms with Crippen LogP contribution in [0.25, 0.3) is 0 Å². The summed E-state index contributed by atoms with van der Waals surface area (Å²) in [5.41, 5.74) is 1.04. The number of carboxylic acids is 1. The lowest BCUT2D eigenvalue weighted by Crippen LogP contribution is -2.49. The second-order valence-corrected chi connectivity index (χ2v) is 7.75. The maximum absolute atomic E-state index is 12.8. The first-order valence-corrected chi connectivity index (χ1v) is 9.87. The molecule has 2 amide bonds. The summed E-state index contributed by atoms with van der Waals surface area (Å²) in [4.78, 5) is 38.0. The van der Waals surface area contributed by atoms with E-state index in [-0.39, 0.29) is 36.1 Å². The molecule has 2 fully saturated rings. The second kappa shape index (κ2) is 9.02. The van der Waals surface area contributed by atoms with Gasteiger partial charge in [-0.3, -0.25) is 14.4 Å². The van der Waals surface area contributed by atoms with E-state index in [9.17, 15) is 19.5 Å². The largest absolute Gasteiger partial charge is 0.481 e. The zero-order chi connectivity index (χ0) is 19.2. The molecule has 146 valence electrons. The van der Waals surface area contributed by atoms with E-state index in [0.717, 1.165) is 31.2 Å². The molecule has 2 unspecified atom stereocenters. The quantitative estimate of drug-likeness (QED) is 0.770. The lowest BCUT2D eigenvalue weighted by molar-refractivity contribution is -0.139. The zero-order valence-corrected chi connectivity index (χ0v) is 15.6. The summed E-state index contributed by atoms with van der Waals surface area (Å²) in [7, 11) is 0. The molecule has 1 saturated heterocycles. The number of nitrogens with one attached hydrogen (secondary N) is 1. The highest BCUT2D eigenvalue weighted by Crippen LogP contribution is 2.30. The van der Waals surface area contributed by atoms with Crippen molar-refractivity contribution in [2.24, 2.45) is 11.8 Å². The van der Waals surface area contributed by atoms with Crippen molar-refractivity contribution in [1.82, 2.24) is 10.2 Å². The highest BCUT2D eigenvalue weighted by atomic mass is 16.4. The zero-order valence-electron chi connectivity index (χ0n) is 15.6. The predicted molar refractivity (Wildman–Crippen MR) is 101 cm³/mol. The first-order chi connectivity index (χ1) is 13.0. The van der Waals surface area contributed by atoms with Crippen LogP contribution in [0.5, 0.6) is 0 Å². The number of nitrogens with zero attached hydrogens (tertiary/aromatic N) is 1. The van der Waals surface area contributed by atoms with Gasteiger partial charge in [0, 0.05) is 25.6 Å². The summed E-state index contributed by atoms with van der Waals surface area (Å²) in [6.07, 6.45) is 5.00. The number of benzene rings is 1. The average molecular weight is 372 g/mol. The van der Waals surface area contributed by atoms with Crippen LogP contribution >= 0.6 is 0 Å². The molecule has 1 aliphatic carbocycles. The van der Waals surface area contributed by atoms with Crippen molar-refractivity contribution in [2.45, 2.75) is 57.5 Å². The number of carbonyl (C=O) groups is 3. The average Bonchev–Trinajstić information content (AvgIpc) is 3.18. The van der Waals surface area contributed by atoms with E-state index in [1.807, 2.05) is 30.3 Å². The van der Waals surface area contributed by atoms with Gasteiger partial charge in [0.15, 0.2) is 0 Å². The fraction of sp³-hybridized carbons (Fsp3) is 0.571. The fourth-order valence-electron chi connectivity index (χ4n) is 4.27. The van der Waals surface area contributed by atoms with Gasteiger partial charge in [-0.05, 0) is 30.7 Å². The molecule has 1 aliphatic heterocycles. The van der Waals surface area contributed by atoms with Crippen molar-refractivity contribution in [1.29, 1.82) is 0 Å². The number of rotatable bonds is 7. The topological polar surface area (TPSA) is 86.7 Å². The van der Waals surface area contributed by atoms with Gasteiger partial charge >= 0.3 is 5.97 Å². The van der Waals surface area contributed by atoms with E-state index >= 15 is 0 Å². The Morgan fingerprint density at radius 2 is 1.85 bits per heavy atom. The molecule has 6 nitrogen and oxygen atoms in total.